The van der Waals surface area contributed by atoms with Crippen molar-refractivity contribution in [2.75, 3.05) is 19.6 Å². The molecule has 0 atom stereocenters. The molecule has 0 spiro atoms. The summed E-state index contributed by atoms with van der Waals surface area (Å²) in [4.78, 5) is 2.42. The van der Waals surface area contributed by atoms with Gasteiger partial charge < -0.3 is 5.32 Å². The van der Waals surface area contributed by atoms with Crippen LogP contribution in [0, 0.1) is 17.6 Å². The zero-order valence-electron chi connectivity index (χ0n) is 13.2. The van der Waals surface area contributed by atoms with Crippen LogP contribution in [0.4, 0.5) is 8.78 Å². The Morgan fingerprint density at radius 2 is 1.77 bits per heavy atom. The van der Waals surface area contributed by atoms with E-state index < -0.39 is 0 Å². The van der Waals surface area contributed by atoms with Gasteiger partial charge >= 0.3 is 0 Å². The van der Waals surface area contributed by atoms with E-state index in [9.17, 15) is 8.78 Å². The monoisotopic (exact) mass is 308 g/mol. The minimum absolute atomic E-state index is 0.283. The van der Waals surface area contributed by atoms with E-state index in [0.29, 0.717) is 24.1 Å². The topological polar surface area (TPSA) is 15.3 Å². The van der Waals surface area contributed by atoms with E-state index in [1.165, 1.54) is 56.7 Å². The molecule has 1 saturated carbocycles. The van der Waals surface area contributed by atoms with Crippen molar-refractivity contribution < 1.29 is 8.78 Å². The summed E-state index contributed by atoms with van der Waals surface area (Å²) >= 11 is 0. The molecule has 0 aromatic heterocycles. The van der Waals surface area contributed by atoms with Gasteiger partial charge in [0.25, 0.3) is 0 Å². The van der Waals surface area contributed by atoms with E-state index in [-0.39, 0.29) is 11.6 Å². The minimum Gasteiger partial charge on any atom is -0.317 e. The van der Waals surface area contributed by atoms with Gasteiger partial charge in [0.2, 0.25) is 0 Å². The molecule has 1 aromatic rings. The molecule has 2 nitrogen and oxygen atoms in total. The van der Waals surface area contributed by atoms with Gasteiger partial charge in [-0.2, -0.15) is 0 Å². The molecular formula is C18H26F2N2. The van der Waals surface area contributed by atoms with Crippen molar-refractivity contribution in [3.63, 3.8) is 0 Å². The Hall–Kier alpha value is -1.00. The van der Waals surface area contributed by atoms with E-state index in [0.717, 1.165) is 19.6 Å². The SMILES string of the molecule is Fc1ccc(F)c(CN(CC2CCNCC2)C2CCCC2)c1. The van der Waals surface area contributed by atoms with Crippen LogP contribution in [-0.4, -0.2) is 30.6 Å². The van der Waals surface area contributed by atoms with Crippen LogP contribution < -0.4 is 5.32 Å². The van der Waals surface area contributed by atoms with Crippen molar-refractivity contribution in [3.05, 3.63) is 35.4 Å². The molecule has 1 aliphatic heterocycles. The third-order valence-electron chi connectivity index (χ3n) is 5.17. The lowest BCUT2D eigenvalue weighted by Crippen LogP contribution is -2.40. The van der Waals surface area contributed by atoms with Gasteiger partial charge in [0.1, 0.15) is 11.6 Å². The van der Waals surface area contributed by atoms with Crippen molar-refractivity contribution in [1.82, 2.24) is 10.2 Å². The Morgan fingerprint density at radius 3 is 2.50 bits per heavy atom. The Balaban J connectivity index is 1.71. The molecule has 1 N–H and O–H groups in total. The number of piperidine rings is 1. The Labute approximate surface area is 131 Å². The zero-order chi connectivity index (χ0) is 15.4. The highest BCUT2D eigenvalue weighted by molar-refractivity contribution is 5.18. The molecule has 122 valence electrons. The summed E-state index contributed by atoms with van der Waals surface area (Å²) in [6.45, 7) is 3.72. The third kappa shape index (κ3) is 4.05. The second-order valence-corrected chi connectivity index (χ2v) is 6.80. The molecule has 1 saturated heterocycles. The predicted octanol–water partition coefficient (Wildman–Crippen LogP) is 3.71. The molecule has 1 aromatic carbocycles. The molecule has 0 radical (unpaired) electrons. The molecule has 1 aliphatic carbocycles. The van der Waals surface area contributed by atoms with Crippen LogP contribution in [0.2, 0.25) is 0 Å². The first-order valence-corrected chi connectivity index (χ1v) is 8.61. The molecule has 4 heteroatoms. The van der Waals surface area contributed by atoms with Crippen LogP contribution in [0.1, 0.15) is 44.1 Å². The predicted molar refractivity (Wildman–Crippen MR) is 84.6 cm³/mol. The second-order valence-electron chi connectivity index (χ2n) is 6.80. The third-order valence-corrected chi connectivity index (χ3v) is 5.17. The fraction of sp³-hybridized carbons (Fsp3) is 0.667. The lowest BCUT2D eigenvalue weighted by Gasteiger charge is -2.34. The number of hydrogen-bond acceptors (Lipinski definition) is 2. The largest absolute Gasteiger partial charge is 0.317 e. The first-order chi connectivity index (χ1) is 10.7. The number of nitrogens with zero attached hydrogens (tertiary/aromatic N) is 1. The van der Waals surface area contributed by atoms with E-state index >= 15 is 0 Å². The maximum absolute atomic E-state index is 14.0. The summed E-state index contributed by atoms with van der Waals surface area (Å²) in [6.07, 6.45) is 7.30. The van der Waals surface area contributed by atoms with Gasteiger partial charge in [-0.3, -0.25) is 4.90 Å². The lowest BCUT2D eigenvalue weighted by molar-refractivity contribution is 0.143. The van der Waals surface area contributed by atoms with Crippen molar-refractivity contribution in [3.8, 4) is 0 Å². The zero-order valence-corrected chi connectivity index (χ0v) is 13.2. The molecule has 0 unspecified atom stereocenters. The van der Waals surface area contributed by atoms with Crippen molar-refractivity contribution in [2.45, 2.75) is 51.1 Å². The average molecular weight is 308 g/mol. The van der Waals surface area contributed by atoms with Crippen molar-refractivity contribution >= 4 is 0 Å². The lowest BCUT2D eigenvalue weighted by atomic mass is 9.96. The number of rotatable bonds is 5. The molecule has 0 bridgehead atoms. The molecule has 3 rings (SSSR count). The van der Waals surface area contributed by atoms with Gasteiger partial charge in [0.05, 0.1) is 0 Å². The van der Waals surface area contributed by atoms with Crippen molar-refractivity contribution in [2.24, 2.45) is 5.92 Å². The van der Waals surface area contributed by atoms with Gasteiger partial charge in [-0.15, -0.1) is 0 Å². The first kappa shape index (κ1) is 15.9. The summed E-state index contributed by atoms with van der Waals surface area (Å²) in [5.74, 6) is 0.0535. The summed E-state index contributed by atoms with van der Waals surface area (Å²) in [7, 11) is 0. The molecule has 0 amide bonds. The Morgan fingerprint density at radius 1 is 1.05 bits per heavy atom. The molecular weight excluding hydrogens is 282 g/mol. The van der Waals surface area contributed by atoms with Gasteiger partial charge in [-0.25, -0.2) is 8.78 Å². The van der Waals surface area contributed by atoms with Crippen LogP contribution in [0.3, 0.4) is 0 Å². The Kier molecular flexibility index (Phi) is 5.42. The van der Waals surface area contributed by atoms with E-state index in [1.807, 2.05) is 0 Å². The van der Waals surface area contributed by atoms with E-state index in [2.05, 4.69) is 10.2 Å². The maximum atomic E-state index is 14.0. The van der Waals surface area contributed by atoms with Crippen LogP contribution in [0.25, 0.3) is 0 Å². The molecule has 2 fully saturated rings. The quantitative estimate of drug-likeness (QED) is 0.892. The van der Waals surface area contributed by atoms with Crippen LogP contribution >= 0.6 is 0 Å². The summed E-state index contributed by atoms with van der Waals surface area (Å²) in [5, 5.41) is 3.40. The number of benzene rings is 1. The van der Waals surface area contributed by atoms with E-state index in [1.54, 1.807) is 0 Å². The smallest absolute Gasteiger partial charge is 0.127 e. The average Bonchev–Trinajstić information content (AvgIpc) is 3.05. The van der Waals surface area contributed by atoms with Crippen LogP contribution in [0.5, 0.6) is 0 Å². The summed E-state index contributed by atoms with van der Waals surface area (Å²) in [5.41, 5.74) is 0.501. The number of hydrogen-bond donors (Lipinski definition) is 1. The van der Waals surface area contributed by atoms with E-state index in [4.69, 9.17) is 0 Å². The fourth-order valence-corrected chi connectivity index (χ4v) is 3.89. The summed E-state index contributed by atoms with van der Waals surface area (Å²) < 4.78 is 27.4. The van der Waals surface area contributed by atoms with Crippen LogP contribution in [-0.2, 0) is 6.54 Å². The van der Waals surface area contributed by atoms with Crippen molar-refractivity contribution in [1.29, 1.82) is 0 Å². The number of halogens is 2. The normalized spacial score (nSPS) is 20.9. The van der Waals surface area contributed by atoms with Gasteiger partial charge in [0.15, 0.2) is 0 Å². The fourth-order valence-electron chi connectivity index (χ4n) is 3.89. The maximum Gasteiger partial charge on any atom is 0.127 e. The second kappa shape index (κ2) is 7.51. The Bertz CT molecular complexity index is 480. The van der Waals surface area contributed by atoms with Gasteiger partial charge in [-0.1, -0.05) is 12.8 Å². The standard InChI is InChI=1S/C18H26F2N2/c19-16-5-6-18(20)15(11-16)13-22(17-3-1-2-4-17)12-14-7-9-21-10-8-14/h5-6,11,14,17,21H,1-4,7-10,12-13H2. The molecule has 22 heavy (non-hydrogen) atoms. The molecule has 1 heterocycles. The first-order valence-electron chi connectivity index (χ1n) is 8.61. The minimum atomic E-state index is -0.343. The van der Waals surface area contributed by atoms with Crippen LogP contribution in [0.15, 0.2) is 18.2 Å². The number of nitrogens with one attached hydrogen (secondary N) is 1. The summed E-state index contributed by atoms with van der Waals surface area (Å²) in [6, 6.07) is 4.35. The van der Waals surface area contributed by atoms with Gasteiger partial charge in [-0.05, 0) is 62.9 Å². The molecule has 2 aliphatic rings. The highest BCUT2D eigenvalue weighted by Crippen LogP contribution is 2.28. The highest BCUT2D eigenvalue weighted by Gasteiger charge is 2.26. The highest BCUT2D eigenvalue weighted by atomic mass is 19.1. The van der Waals surface area contributed by atoms with Gasteiger partial charge in [0, 0.05) is 24.7 Å².